The van der Waals surface area contributed by atoms with Crippen LogP contribution in [0.2, 0.25) is 5.02 Å². The minimum Gasteiger partial charge on any atom is -0.399 e. The highest BCUT2D eigenvalue weighted by Crippen LogP contribution is 2.18. The first kappa shape index (κ1) is 14.3. The van der Waals surface area contributed by atoms with Crippen molar-refractivity contribution >= 4 is 23.2 Å². The molecule has 0 saturated heterocycles. The lowest BCUT2D eigenvalue weighted by molar-refractivity contribution is 0.0939. The van der Waals surface area contributed by atoms with Gasteiger partial charge in [0, 0.05) is 16.3 Å². The highest BCUT2D eigenvalue weighted by atomic mass is 35.5. The molecule has 0 bridgehead atoms. The summed E-state index contributed by atoms with van der Waals surface area (Å²) in [5.74, 6) is -0.922. The predicted molar refractivity (Wildman–Crippen MR) is 78.1 cm³/mol. The number of carbonyl (C=O) groups excluding carboxylic acids is 1. The van der Waals surface area contributed by atoms with Crippen molar-refractivity contribution in [2.24, 2.45) is 0 Å². The normalized spacial score (nSPS) is 11.9. The van der Waals surface area contributed by atoms with Crippen LogP contribution in [0.15, 0.2) is 42.5 Å². The van der Waals surface area contributed by atoms with Gasteiger partial charge in [0.05, 0.1) is 6.04 Å². The molecule has 0 aliphatic carbocycles. The van der Waals surface area contributed by atoms with E-state index in [2.05, 4.69) is 5.32 Å². The molecule has 0 aromatic heterocycles. The maximum Gasteiger partial charge on any atom is 0.251 e. The number of hydrogen-bond acceptors (Lipinski definition) is 2. The number of benzene rings is 2. The minimum atomic E-state index is -0.537. The standard InChI is InChI=1S/C15H14ClFN2O/c1-9(10-3-2-4-12(16)5-10)19-15(20)11-6-13(17)8-14(18)7-11/h2-9H,18H2,1H3,(H,19,20). The Balaban J connectivity index is 2.15. The number of halogens is 2. The van der Waals surface area contributed by atoms with Crippen molar-refractivity contribution < 1.29 is 9.18 Å². The Morgan fingerprint density at radius 1 is 1.30 bits per heavy atom. The van der Waals surface area contributed by atoms with Crippen molar-refractivity contribution in [1.29, 1.82) is 0 Å². The van der Waals surface area contributed by atoms with E-state index in [4.69, 9.17) is 17.3 Å². The van der Waals surface area contributed by atoms with E-state index in [9.17, 15) is 9.18 Å². The lowest BCUT2D eigenvalue weighted by atomic mass is 10.1. The van der Waals surface area contributed by atoms with Gasteiger partial charge in [-0.2, -0.15) is 0 Å². The maximum absolute atomic E-state index is 13.2. The monoisotopic (exact) mass is 292 g/mol. The van der Waals surface area contributed by atoms with Gasteiger partial charge in [0.1, 0.15) is 5.82 Å². The van der Waals surface area contributed by atoms with Gasteiger partial charge >= 0.3 is 0 Å². The average molecular weight is 293 g/mol. The maximum atomic E-state index is 13.2. The second-order valence-corrected chi connectivity index (χ2v) is 4.96. The largest absolute Gasteiger partial charge is 0.399 e. The third-order valence-corrected chi connectivity index (χ3v) is 3.11. The number of rotatable bonds is 3. The Kier molecular flexibility index (Phi) is 4.25. The van der Waals surface area contributed by atoms with Gasteiger partial charge in [-0.05, 0) is 42.8 Å². The number of nitrogen functional groups attached to an aromatic ring is 1. The van der Waals surface area contributed by atoms with Crippen LogP contribution in [-0.2, 0) is 0 Å². The summed E-state index contributed by atoms with van der Waals surface area (Å²) in [5.41, 5.74) is 6.80. The zero-order valence-electron chi connectivity index (χ0n) is 10.9. The van der Waals surface area contributed by atoms with Gasteiger partial charge in [-0.3, -0.25) is 4.79 Å². The Labute approximate surface area is 121 Å². The summed E-state index contributed by atoms with van der Waals surface area (Å²) < 4.78 is 13.2. The molecule has 1 atom stereocenters. The first-order valence-electron chi connectivity index (χ1n) is 6.08. The van der Waals surface area contributed by atoms with Gasteiger partial charge in [0.25, 0.3) is 5.91 Å². The fourth-order valence-electron chi connectivity index (χ4n) is 1.88. The van der Waals surface area contributed by atoms with Crippen LogP contribution in [-0.4, -0.2) is 5.91 Å². The van der Waals surface area contributed by atoms with Crippen LogP contribution < -0.4 is 11.1 Å². The Hall–Kier alpha value is -2.07. The van der Waals surface area contributed by atoms with Crippen molar-refractivity contribution in [3.05, 3.63) is 64.4 Å². The van der Waals surface area contributed by atoms with Crippen LogP contribution >= 0.6 is 11.6 Å². The molecule has 3 nitrogen and oxygen atoms in total. The summed E-state index contributed by atoms with van der Waals surface area (Å²) in [6.07, 6.45) is 0. The molecule has 20 heavy (non-hydrogen) atoms. The molecule has 0 saturated carbocycles. The van der Waals surface area contributed by atoms with Crippen LogP contribution in [0.5, 0.6) is 0 Å². The number of hydrogen-bond donors (Lipinski definition) is 2. The molecular formula is C15H14ClFN2O. The van der Waals surface area contributed by atoms with Crippen LogP contribution in [0.4, 0.5) is 10.1 Å². The van der Waals surface area contributed by atoms with E-state index in [1.807, 2.05) is 13.0 Å². The highest BCUT2D eigenvalue weighted by Gasteiger charge is 2.13. The van der Waals surface area contributed by atoms with Gasteiger partial charge in [-0.1, -0.05) is 23.7 Å². The molecule has 0 aliphatic rings. The molecular weight excluding hydrogens is 279 g/mol. The van der Waals surface area contributed by atoms with Gasteiger partial charge in [0.2, 0.25) is 0 Å². The van der Waals surface area contributed by atoms with Gasteiger partial charge < -0.3 is 11.1 Å². The molecule has 104 valence electrons. The zero-order chi connectivity index (χ0) is 14.7. The molecule has 0 fully saturated rings. The van der Waals surface area contributed by atoms with Crippen LogP contribution in [0.25, 0.3) is 0 Å². The molecule has 2 aromatic carbocycles. The molecule has 5 heteroatoms. The van der Waals surface area contributed by atoms with E-state index in [0.717, 1.165) is 17.7 Å². The summed E-state index contributed by atoms with van der Waals surface area (Å²) in [5, 5.41) is 3.37. The van der Waals surface area contributed by atoms with Gasteiger partial charge in [-0.25, -0.2) is 4.39 Å². The van der Waals surface area contributed by atoms with E-state index in [1.165, 1.54) is 6.07 Å². The lowest BCUT2D eigenvalue weighted by Crippen LogP contribution is -2.26. The number of anilines is 1. The highest BCUT2D eigenvalue weighted by molar-refractivity contribution is 6.30. The number of amides is 1. The van der Waals surface area contributed by atoms with Crippen molar-refractivity contribution in [2.45, 2.75) is 13.0 Å². The Morgan fingerprint density at radius 2 is 2.05 bits per heavy atom. The van der Waals surface area contributed by atoms with Crippen molar-refractivity contribution in [2.75, 3.05) is 5.73 Å². The summed E-state index contributed by atoms with van der Waals surface area (Å²) in [7, 11) is 0. The van der Waals surface area contributed by atoms with E-state index >= 15 is 0 Å². The lowest BCUT2D eigenvalue weighted by Gasteiger charge is -2.15. The Morgan fingerprint density at radius 3 is 2.70 bits per heavy atom. The van der Waals surface area contributed by atoms with Gasteiger partial charge in [0.15, 0.2) is 0 Å². The molecule has 1 amide bonds. The second-order valence-electron chi connectivity index (χ2n) is 4.52. The number of nitrogens with one attached hydrogen (secondary N) is 1. The third kappa shape index (κ3) is 3.48. The summed E-state index contributed by atoms with van der Waals surface area (Å²) in [4.78, 5) is 12.1. The molecule has 0 radical (unpaired) electrons. The average Bonchev–Trinajstić information content (AvgIpc) is 2.37. The van der Waals surface area contributed by atoms with Crippen LogP contribution in [0, 0.1) is 5.82 Å². The topological polar surface area (TPSA) is 55.1 Å². The van der Waals surface area contributed by atoms with E-state index < -0.39 is 5.82 Å². The minimum absolute atomic E-state index is 0.191. The fourth-order valence-corrected chi connectivity index (χ4v) is 2.08. The Bertz CT molecular complexity index is 625. The quantitative estimate of drug-likeness (QED) is 0.850. The fraction of sp³-hybridized carbons (Fsp3) is 0.133. The smallest absolute Gasteiger partial charge is 0.251 e. The van der Waals surface area contributed by atoms with E-state index in [-0.39, 0.29) is 23.2 Å². The molecule has 2 aromatic rings. The van der Waals surface area contributed by atoms with Crippen molar-refractivity contribution in [3.8, 4) is 0 Å². The summed E-state index contributed by atoms with van der Waals surface area (Å²) in [6.45, 7) is 1.83. The number of nitrogens with two attached hydrogens (primary N) is 1. The van der Waals surface area contributed by atoms with Crippen molar-refractivity contribution in [1.82, 2.24) is 5.32 Å². The van der Waals surface area contributed by atoms with Crippen LogP contribution in [0.3, 0.4) is 0 Å². The first-order chi connectivity index (χ1) is 9.45. The van der Waals surface area contributed by atoms with E-state index in [1.54, 1.807) is 18.2 Å². The molecule has 0 aliphatic heterocycles. The summed E-state index contributed by atoms with van der Waals surface area (Å²) >= 11 is 5.91. The van der Waals surface area contributed by atoms with Gasteiger partial charge in [-0.15, -0.1) is 0 Å². The van der Waals surface area contributed by atoms with E-state index in [0.29, 0.717) is 5.02 Å². The SMILES string of the molecule is CC(NC(=O)c1cc(N)cc(F)c1)c1cccc(Cl)c1. The van der Waals surface area contributed by atoms with Crippen molar-refractivity contribution in [3.63, 3.8) is 0 Å². The predicted octanol–water partition coefficient (Wildman–Crippen LogP) is 3.55. The second kappa shape index (κ2) is 5.92. The molecule has 0 spiro atoms. The summed E-state index contributed by atoms with van der Waals surface area (Å²) in [6, 6.07) is 10.7. The number of carbonyl (C=O) groups is 1. The molecule has 1 unspecified atom stereocenters. The first-order valence-corrected chi connectivity index (χ1v) is 6.46. The third-order valence-electron chi connectivity index (χ3n) is 2.88. The molecule has 2 rings (SSSR count). The molecule has 0 heterocycles. The zero-order valence-corrected chi connectivity index (χ0v) is 11.6. The van der Waals surface area contributed by atoms with Crippen LogP contribution in [0.1, 0.15) is 28.9 Å². The molecule has 3 N–H and O–H groups in total.